The zero-order valence-corrected chi connectivity index (χ0v) is 33.3. The van der Waals surface area contributed by atoms with E-state index in [1.807, 2.05) is 96.3 Å². The standard InChI is InChI=1S/C41H42N2O7S4/c1-3-42(23-11-25-51-32-13-7-5-8-14-32)30-17-20-35-38(27-30)50-39-28-31(43(4-2)24-12-26-52-33-15-9-6-10-16-33)18-21-36(39)41(35)37-22-19-34(53(44,45)46)29-40(37)54(47,48)49/h5-10,13-22,27-29H,3-4,11-12,23-26H2,1-2H3,(H-,44,45,46,47,48,49). The normalized spacial score (nSPS) is 12.7. The Morgan fingerprint density at radius 1 is 0.759 bits per heavy atom. The molecule has 1 heterocycles. The number of fused-ring (bicyclic) bond motifs is 2. The van der Waals surface area contributed by atoms with Gasteiger partial charge in [-0.3, -0.25) is 4.55 Å². The summed E-state index contributed by atoms with van der Waals surface area (Å²) in [7, 11) is -9.99. The van der Waals surface area contributed by atoms with Gasteiger partial charge in [0.25, 0.3) is 10.1 Å². The van der Waals surface area contributed by atoms with Gasteiger partial charge in [0.05, 0.1) is 15.9 Å². The monoisotopic (exact) mass is 802 g/mol. The first-order valence-electron chi connectivity index (χ1n) is 17.7. The second kappa shape index (κ2) is 17.6. The number of hydrogen-bond acceptors (Lipinski definition) is 9. The van der Waals surface area contributed by atoms with E-state index in [-0.39, 0.29) is 5.56 Å². The van der Waals surface area contributed by atoms with Gasteiger partial charge in [0, 0.05) is 75.0 Å². The van der Waals surface area contributed by atoms with E-state index < -0.39 is 30.0 Å². The zero-order chi connectivity index (χ0) is 38.3. The molecule has 1 aliphatic carbocycles. The fraction of sp³-hybridized carbons (Fsp3) is 0.244. The molecule has 0 spiro atoms. The second-order valence-corrected chi connectivity index (χ2v) is 17.7. The third kappa shape index (κ3) is 9.57. The van der Waals surface area contributed by atoms with E-state index >= 15 is 0 Å². The molecule has 54 heavy (non-hydrogen) atoms. The molecule has 0 saturated heterocycles. The van der Waals surface area contributed by atoms with Crippen LogP contribution in [-0.4, -0.2) is 63.6 Å². The van der Waals surface area contributed by atoms with Crippen molar-refractivity contribution in [3.8, 4) is 22.5 Å². The Kier molecular flexibility index (Phi) is 12.9. The third-order valence-corrected chi connectivity index (χ3v) is 13.1. The fourth-order valence-electron chi connectivity index (χ4n) is 6.49. The van der Waals surface area contributed by atoms with Crippen LogP contribution in [0.25, 0.3) is 33.4 Å². The van der Waals surface area contributed by atoms with Gasteiger partial charge in [0.1, 0.15) is 34.6 Å². The minimum Gasteiger partial charge on any atom is -0.744 e. The van der Waals surface area contributed by atoms with Crippen LogP contribution in [0.15, 0.2) is 139 Å². The number of nitrogens with zero attached hydrogens (tertiary/aromatic N) is 2. The van der Waals surface area contributed by atoms with Crippen LogP contribution < -0.4 is 14.8 Å². The third-order valence-electron chi connectivity index (χ3n) is 9.14. The smallest absolute Gasteiger partial charge is 0.294 e. The lowest BCUT2D eigenvalue weighted by molar-refractivity contribution is 0.463. The molecule has 13 heteroatoms. The van der Waals surface area contributed by atoms with Crippen LogP contribution in [0.3, 0.4) is 0 Å². The summed E-state index contributed by atoms with van der Waals surface area (Å²) in [5.74, 6) is 2.36. The highest BCUT2D eigenvalue weighted by molar-refractivity contribution is 7.99. The van der Waals surface area contributed by atoms with E-state index in [1.54, 1.807) is 0 Å². The Morgan fingerprint density at radius 3 is 2.02 bits per heavy atom. The maximum Gasteiger partial charge on any atom is 0.294 e. The lowest BCUT2D eigenvalue weighted by atomic mass is 9.93. The van der Waals surface area contributed by atoms with Crippen molar-refractivity contribution in [2.45, 2.75) is 46.3 Å². The van der Waals surface area contributed by atoms with Crippen LogP contribution in [0, 0.1) is 0 Å². The zero-order valence-electron chi connectivity index (χ0n) is 30.1. The largest absolute Gasteiger partial charge is 0.744 e. The van der Waals surface area contributed by atoms with Crippen molar-refractivity contribution in [1.82, 2.24) is 4.58 Å². The number of thioether (sulfide) groups is 2. The number of benzene rings is 5. The van der Waals surface area contributed by atoms with Crippen molar-refractivity contribution < 1.29 is 30.4 Å². The molecule has 6 rings (SSSR count). The summed E-state index contributed by atoms with van der Waals surface area (Å²) in [6, 6.07) is 35.1. The molecule has 0 fully saturated rings. The average molecular weight is 803 g/mol. The van der Waals surface area contributed by atoms with Crippen LogP contribution >= 0.6 is 23.5 Å². The first-order chi connectivity index (χ1) is 26.0. The van der Waals surface area contributed by atoms with Gasteiger partial charge in [-0.05, 0) is 80.6 Å². The second-order valence-electron chi connectivity index (χ2n) is 12.6. The molecule has 0 unspecified atom stereocenters. The predicted octanol–water partition coefficient (Wildman–Crippen LogP) is 8.34. The lowest BCUT2D eigenvalue weighted by Crippen LogP contribution is -2.31. The van der Waals surface area contributed by atoms with E-state index in [1.165, 1.54) is 15.9 Å². The summed E-state index contributed by atoms with van der Waals surface area (Å²) >= 11 is 3.62. The van der Waals surface area contributed by atoms with Crippen molar-refractivity contribution >= 4 is 60.4 Å². The summed E-state index contributed by atoms with van der Waals surface area (Å²) in [5.41, 5.74) is 2.36. The first-order valence-corrected chi connectivity index (χ1v) is 22.5. The summed E-state index contributed by atoms with van der Waals surface area (Å²) in [6.45, 7) is 7.27. The Balaban J connectivity index is 1.43. The topological polar surface area (TPSA) is 131 Å². The minimum atomic E-state index is -5.20. The summed E-state index contributed by atoms with van der Waals surface area (Å²) in [5, 5.41) is 1.47. The van der Waals surface area contributed by atoms with Crippen molar-refractivity contribution in [3.63, 3.8) is 0 Å². The van der Waals surface area contributed by atoms with E-state index in [0.29, 0.717) is 27.9 Å². The minimum absolute atomic E-state index is 0.0132. The van der Waals surface area contributed by atoms with E-state index in [2.05, 4.69) is 47.6 Å². The lowest BCUT2D eigenvalue weighted by Gasteiger charge is -2.24. The van der Waals surface area contributed by atoms with Crippen molar-refractivity contribution in [2.24, 2.45) is 0 Å². The van der Waals surface area contributed by atoms with Gasteiger partial charge in [-0.25, -0.2) is 13.0 Å². The highest BCUT2D eigenvalue weighted by atomic mass is 32.2. The highest BCUT2D eigenvalue weighted by Crippen LogP contribution is 2.43. The van der Waals surface area contributed by atoms with Gasteiger partial charge < -0.3 is 13.9 Å². The van der Waals surface area contributed by atoms with Gasteiger partial charge in [0.15, 0.2) is 0 Å². The van der Waals surface area contributed by atoms with Gasteiger partial charge in [-0.2, -0.15) is 8.42 Å². The molecule has 1 aliphatic heterocycles. The van der Waals surface area contributed by atoms with Gasteiger partial charge >= 0.3 is 0 Å². The van der Waals surface area contributed by atoms with Gasteiger partial charge in [0.2, 0.25) is 5.36 Å². The molecule has 1 N–H and O–H groups in total. The van der Waals surface area contributed by atoms with Crippen molar-refractivity contribution in [3.05, 3.63) is 121 Å². The molecule has 282 valence electrons. The van der Waals surface area contributed by atoms with Gasteiger partial charge in [-0.15, -0.1) is 23.5 Å². The number of rotatable bonds is 16. The Morgan fingerprint density at radius 2 is 1.41 bits per heavy atom. The molecule has 2 aliphatic rings. The van der Waals surface area contributed by atoms with Crippen LogP contribution in [0.1, 0.15) is 26.7 Å². The fourth-order valence-corrected chi connectivity index (χ4v) is 9.50. The molecule has 0 radical (unpaired) electrons. The van der Waals surface area contributed by atoms with E-state index in [0.717, 1.165) is 73.7 Å². The van der Waals surface area contributed by atoms with Crippen LogP contribution in [-0.2, 0) is 20.2 Å². The van der Waals surface area contributed by atoms with E-state index in [4.69, 9.17) is 4.42 Å². The SMILES string of the molecule is CCN(CCCSc1ccccc1)c1ccc2c(-c3ccc(S(=O)(=O)O)cc3S(=O)(=O)[O-])c3ccc(=[N+](CC)CCCSc4ccccc4)cc-3oc2c1. The highest BCUT2D eigenvalue weighted by Gasteiger charge is 2.25. The summed E-state index contributed by atoms with van der Waals surface area (Å²) in [6.07, 6.45) is 1.88. The van der Waals surface area contributed by atoms with Crippen LogP contribution in [0.5, 0.6) is 0 Å². The predicted molar refractivity (Wildman–Crippen MR) is 218 cm³/mol. The molecule has 0 bridgehead atoms. The maximum atomic E-state index is 12.7. The van der Waals surface area contributed by atoms with Crippen molar-refractivity contribution in [1.29, 1.82) is 0 Å². The quantitative estimate of drug-likeness (QED) is 0.0335. The Hall–Kier alpha value is -4.11. The Bertz CT molecular complexity index is 2490. The van der Waals surface area contributed by atoms with Crippen LogP contribution in [0.4, 0.5) is 5.69 Å². The molecular formula is C41H42N2O7S4. The molecule has 0 atom stereocenters. The van der Waals surface area contributed by atoms with E-state index in [9.17, 15) is 25.9 Å². The molecular weight excluding hydrogens is 761 g/mol. The molecule has 0 amide bonds. The molecule has 9 nitrogen and oxygen atoms in total. The summed E-state index contributed by atoms with van der Waals surface area (Å²) in [4.78, 5) is 3.26. The maximum absolute atomic E-state index is 12.7. The Labute approximate surface area is 325 Å². The number of hydrogen-bond donors (Lipinski definition) is 1. The van der Waals surface area contributed by atoms with Crippen molar-refractivity contribution in [2.75, 3.05) is 42.6 Å². The molecule has 0 saturated carbocycles. The average Bonchev–Trinajstić information content (AvgIpc) is 3.16. The number of anilines is 1. The molecule has 4 aromatic rings. The van der Waals surface area contributed by atoms with Gasteiger partial charge in [-0.1, -0.05) is 42.5 Å². The first kappa shape index (κ1) is 39.6. The summed E-state index contributed by atoms with van der Waals surface area (Å²) < 4.78 is 80.7. The molecule has 0 aromatic heterocycles. The van der Waals surface area contributed by atoms with Crippen LogP contribution in [0.2, 0.25) is 0 Å². The molecule has 4 aromatic carbocycles.